The van der Waals surface area contributed by atoms with Crippen molar-refractivity contribution in [3.8, 4) is 11.1 Å². The van der Waals surface area contributed by atoms with Crippen molar-refractivity contribution in [2.24, 2.45) is 0 Å². The molecule has 0 saturated carbocycles. The van der Waals surface area contributed by atoms with Crippen LogP contribution >= 0.6 is 0 Å². The molecule has 0 aliphatic rings. The second-order valence-electron chi connectivity index (χ2n) is 3.01. The van der Waals surface area contributed by atoms with Gasteiger partial charge in [-0.3, -0.25) is 0 Å². The lowest BCUT2D eigenvalue weighted by Gasteiger charge is -2.00. The number of aliphatic hydroxyl groups excluding tert-OH is 1. The fourth-order valence-corrected chi connectivity index (χ4v) is 1.28. The molecule has 2 aromatic carbocycles. The highest BCUT2D eigenvalue weighted by atomic mass is 19.1. The van der Waals surface area contributed by atoms with Crippen LogP contribution in [-0.2, 0) is 0 Å². The van der Waals surface area contributed by atoms with Gasteiger partial charge in [-0.2, -0.15) is 0 Å². The summed E-state index contributed by atoms with van der Waals surface area (Å²) in [6.45, 7) is 0. The molecule has 84 valence electrons. The van der Waals surface area contributed by atoms with Crippen LogP contribution in [0.1, 0.15) is 0 Å². The van der Waals surface area contributed by atoms with E-state index in [0.29, 0.717) is 0 Å². The Morgan fingerprint density at radius 3 is 1.12 bits per heavy atom. The molecule has 0 bridgehead atoms. The monoisotopic (exact) mass is 222 g/mol. The van der Waals surface area contributed by atoms with Gasteiger partial charge in [0.1, 0.15) is 11.6 Å². The van der Waals surface area contributed by atoms with Gasteiger partial charge >= 0.3 is 0 Å². The largest absolute Gasteiger partial charge is 0.400 e. The molecule has 0 aromatic heterocycles. The van der Waals surface area contributed by atoms with E-state index in [1.54, 1.807) is 24.3 Å². The molecule has 0 atom stereocenters. The summed E-state index contributed by atoms with van der Waals surface area (Å²) in [6, 6.07) is 12.2. The Morgan fingerprint density at radius 2 is 0.875 bits per heavy atom. The Balaban J connectivity index is 0.000000606. The van der Waals surface area contributed by atoms with E-state index < -0.39 is 0 Å². The zero-order valence-corrected chi connectivity index (χ0v) is 8.82. The molecule has 2 rings (SSSR count). The van der Waals surface area contributed by atoms with E-state index in [1.165, 1.54) is 24.3 Å². The first-order valence-electron chi connectivity index (χ1n) is 4.72. The van der Waals surface area contributed by atoms with Crippen molar-refractivity contribution in [2.45, 2.75) is 0 Å². The molecule has 0 radical (unpaired) electrons. The third kappa shape index (κ3) is 3.14. The summed E-state index contributed by atoms with van der Waals surface area (Å²) >= 11 is 0. The summed E-state index contributed by atoms with van der Waals surface area (Å²) in [5.74, 6) is -0.535. The van der Waals surface area contributed by atoms with Crippen LogP contribution in [0.3, 0.4) is 0 Å². The molecule has 0 saturated heterocycles. The van der Waals surface area contributed by atoms with Gasteiger partial charge < -0.3 is 5.11 Å². The zero-order chi connectivity index (χ0) is 12.0. The Morgan fingerprint density at radius 1 is 0.625 bits per heavy atom. The molecule has 0 aliphatic carbocycles. The molecule has 0 unspecified atom stereocenters. The maximum absolute atomic E-state index is 12.6. The van der Waals surface area contributed by atoms with Crippen LogP contribution in [0, 0.1) is 11.6 Å². The van der Waals surface area contributed by atoms with E-state index in [0.717, 1.165) is 18.2 Å². The van der Waals surface area contributed by atoms with Crippen molar-refractivity contribution < 1.29 is 13.9 Å². The Labute approximate surface area is 93.0 Å². The summed E-state index contributed by atoms with van der Waals surface area (Å²) in [4.78, 5) is 0. The molecule has 1 nitrogen and oxygen atoms in total. The van der Waals surface area contributed by atoms with E-state index in [2.05, 4.69) is 0 Å². The maximum Gasteiger partial charge on any atom is 0.123 e. The fourth-order valence-electron chi connectivity index (χ4n) is 1.28. The van der Waals surface area contributed by atoms with E-state index >= 15 is 0 Å². The quantitative estimate of drug-likeness (QED) is 0.785. The maximum atomic E-state index is 12.6. The lowest BCUT2D eigenvalue weighted by Crippen LogP contribution is -1.79. The molecule has 0 amide bonds. The molecule has 16 heavy (non-hydrogen) atoms. The predicted molar refractivity (Wildman–Crippen MR) is 59.9 cm³/mol. The Hall–Kier alpha value is -1.74. The van der Waals surface area contributed by atoms with E-state index in [-0.39, 0.29) is 11.6 Å². The van der Waals surface area contributed by atoms with Crippen LogP contribution in [0.5, 0.6) is 0 Å². The summed E-state index contributed by atoms with van der Waals surface area (Å²) in [5, 5.41) is 7.00. The number of hydrogen-bond donors (Lipinski definition) is 1. The van der Waals surface area contributed by atoms with Crippen LogP contribution in [0.4, 0.5) is 8.78 Å². The summed E-state index contributed by atoms with van der Waals surface area (Å²) < 4.78 is 25.2. The number of halogens is 2. The number of hydrogen-bond acceptors (Lipinski definition) is 1. The van der Waals surface area contributed by atoms with E-state index in [1.807, 2.05) is 0 Å². The topological polar surface area (TPSA) is 20.2 Å². The third-order valence-electron chi connectivity index (χ3n) is 2.02. The normalized spacial score (nSPS) is 9.25. The molecule has 2 aromatic rings. The lowest BCUT2D eigenvalue weighted by molar-refractivity contribution is 0.399. The van der Waals surface area contributed by atoms with Gasteiger partial charge in [-0.25, -0.2) is 8.78 Å². The lowest BCUT2D eigenvalue weighted by atomic mass is 10.1. The highest BCUT2D eigenvalue weighted by Gasteiger charge is 1.97. The van der Waals surface area contributed by atoms with Gasteiger partial charge in [0, 0.05) is 7.11 Å². The van der Waals surface area contributed by atoms with E-state index in [9.17, 15) is 8.78 Å². The third-order valence-corrected chi connectivity index (χ3v) is 2.02. The summed E-state index contributed by atoms with van der Waals surface area (Å²) in [7, 11) is 1.00. The Bertz CT molecular complexity index is 377. The first-order valence-corrected chi connectivity index (χ1v) is 4.72. The molecule has 0 aliphatic heterocycles. The second kappa shape index (κ2) is 5.98. The molecule has 0 spiro atoms. The van der Waals surface area contributed by atoms with Gasteiger partial charge in [0.25, 0.3) is 0 Å². The number of benzene rings is 2. The van der Waals surface area contributed by atoms with Crippen molar-refractivity contribution in [3.05, 3.63) is 60.2 Å². The van der Waals surface area contributed by atoms with Crippen LogP contribution in [0.2, 0.25) is 0 Å². The number of rotatable bonds is 1. The molecular weight excluding hydrogens is 210 g/mol. The van der Waals surface area contributed by atoms with Gasteiger partial charge in [-0.1, -0.05) is 24.3 Å². The van der Waals surface area contributed by atoms with Crippen molar-refractivity contribution >= 4 is 0 Å². The highest BCUT2D eigenvalue weighted by molar-refractivity contribution is 5.62. The SMILES string of the molecule is CO.Fc1ccc(-c2ccc(F)cc2)cc1. The van der Waals surface area contributed by atoms with E-state index in [4.69, 9.17) is 5.11 Å². The van der Waals surface area contributed by atoms with Gasteiger partial charge in [-0.15, -0.1) is 0 Å². The standard InChI is InChI=1S/C12H8F2.CH4O/c13-11-5-1-9(2-6-11)10-3-7-12(14)8-4-10;1-2/h1-8H;2H,1H3. The van der Waals surface area contributed by atoms with Gasteiger partial charge in [0.05, 0.1) is 0 Å². The molecular formula is C13H12F2O. The summed E-state index contributed by atoms with van der Waals surface area (Å²) in [6.07, 6.45) is 0. The average Bonchev–Trinajstić information content (AvgIpc) is 2.34. The summed E-state index contributed by atoms with van der Waals surface area (Å²) in [5.41, 5.74) is 1.76. The van der Waals surface area contributed by atoms with Crippen molar-refractivity contribution in [1.29, 1.82) is 0 Å². The first-order chi connectivity index (χ1) is 7.75. The van der Waals surface area contributed by atoms with Gasteiger partial charge in [0.2, 0.25) is 0 Å². The molecule has 0 fully saturated rings. The second-order valence-corrected chi connectivity index (χ2v) is 3.01. The van der Waals surface area contributed by atoms with Crippen molar-refractivity contribution in [1.82, 2.24) is 0 Å². The van der Waals surface area contributed by atoms with Crippen molar-refractivity contribution in [3.63, 3.8) is 0 Å². The predicted octanol–water partition coefficient (Wildman–Crippen LogP) is 3.24. The smallest absolute Gasteiger partial charge is 0.123 e. The Kier molecular flexibility index (Phi) is 4.61. The molecule has 0 heterocycles. The average molecular weight is 222 g/mol. The minimum absolute atomic E-state index is 0.268. The van der Waals surface area contributed by atoms with Gasteiger partial charge in [-0.05, 0) is 35.4 Å². The fraction of sp³-hybridized carbons (Fsp3) is 0.0769. The highest BCUT2D eigenvalue weighted by Crippen LogP contribution is 2.19. The van der Waals surface area contributed by atoms with Crippen LogP contribution in [0.25, 0.3) is 11.1 Å². The molecule has 3 heteroatoms. The van der Waals surface area contributed by atoms with Crippen LogP contribution < -0.4 is 0 Å². The van der Waals surface area contributed by atoms with Crippen LogP contribution in [0.15, 0.2) is 48.5 Å². The zero-order valence-electron chi connectivity index (χ0n) is 8.82. The first kappa shape index (κ1) is 12.3. The van der Waals surface area contributed by atoms with Gasteiger partial charge in [0.15, 0.2) is 0 Å². The minimum atomic E-state index is -0.268. The van der Waals surface area contributed by atoms with Crippen LogP contribution in [-0.4, -0.2) is 12.2 Å². The number of aliphatic hydroxyl groups is 1. The minimum Gasteiger partial charge on any atom is -0.400 e. The molecule has 1 N–H and O–H groups in total. The van der Waals surface area contributed by atoms with Crippen molar-refractivity contribution in [2.75, 3.05) is 7.11 Å².